The van der Waals surface area contributed by atoms with Crippen LogP contribution in [0.5, 0.6) is 0 Å². The molecule has 0 saturated carbocycles. The predicted octanol–water partition coefficient (Wildman–Crippen LogP) is 4.21. The van der Waals surface area contributed by atoms with Crippen LogP contribution in [0, 0.1) is 0 Å². The van der Waals surface area contributed by atoms with Crippen molar-refractivity contribution >= 4 is 35.0 Å². The van der Waals surface area contributed by atoms with Crippen LogP contribution in [0.1, 0.15) is 19.0 Å². The molecule has 1 saturated heterocycles. The van der Waals surface area contributed by atoms with Crippen LogP contribution in [0.4, 0.5) is 16.3 Å². The van der Waals surface area contributed by atoms with E-state index in [1.807, 2.05) is 6.92 Å². The molecule has 33 heavy (non-hydrogen) atoms. The van der Waals surface area contributed by atoms with Gasteiger partial charge in [-0.2, -0.15) is 0 Å². The maximum Gasteiger partial charge on any atom is 0.322 e. The summed E-state index contributed by atoms with van der Waals surface area (Å²) in [5, 5.41) is 6.16. The number of likely N-dealkylation sites (tertiary alicyclic amines) is 1. The highest BCUT2D eigenvalue weighted by Crippen LogP contribution is 2.25. The Morgan fingerprint density at radius 3 is 2.64 bits per heavy atom. The Hall–Kier alpha value is -3.43. The number of benzene rings is 1. The number of hydrogen-bond donors (Lipinski definition) is 2. The van der Waals surface area contributed by atoms with Crippen LogP contribution in [-0.4, -0.2) is 52.6 Å². The number of nitrogens with one attached hydrogen (secondary N) is 2. The quantitative estimate of drug-likeness (QED) is 0.559. The van der Waals surface area contributed by atoms with Gasteiger partial charge in [0.05, 0.1) is 11.8 Å². The number of urea groups is 1. The molecule has 9 nitrogen and oxygen atoms in total. The smallest absolute Gasteiger partial charge is 0.322 e. The Bertz CT molecular complexity index is 1120. The van der Waals surface area contributed by atoms with E-state index in [2.05, 4.69) is 20.6 Å². The zero-order valence-electron chi connectivity index (χ0n) is 18.2. The fourth-order valence-corrected chi connectivity index (χ4v) is 3.86. The molecule has 2 N–H and O–H groups in total. The zero-order chi connectivity index (χ0) is 23.4. The maximum absolute atomic E-state index is 13.0. The van der Waals surface area contributed by atoms with Gasteiger partial charge in [-0.3, -0.25) is 4.79 Å². The van der Waals surface area contributed by atoms with Crippen LogP contribution >= 0.6 is 11.6 Å². The number of halogens is 1. The van der Waals surface area contributed by atoms with Gasteiger partial charge < -0.3 is 24.7 Å². The van der Waals surface area contributed by atoms with E-state index in [9.17, 15) is 9.59 Å². The molecular weight excluding hydrogens is 446 g/mol. The van der Waals surface area contributed by atoms with Crippen molar-refractivity contribution in [2.75, 3.05) is 24.3 Å². The first-order valence-electron chi connectivity index (χ1n) is 10.5. The lowest BCUT2D eigenvalue weighted by molar-refractivity contribution is -0.119. The van der Waals surface area contributed by atoms with E-state index >= 15 is 0 Å². The highest BCUT2D eigenvalue weighted by molar-refractivity contribution is 6.30. The third-order valence-electron chi connectivity index (χ3n) is 5.51. The molecular formula is C23H24ClN5O4. The van der Waals surface area contributed by atoms with E-state index in [4.69, 9.17) is 20.8 Å². The first-order valence-corrected chi connectivity index (χ1v) is 10.9. The Morgan fingerprint density at radius 1 is 1.18 bits per heavy atom. The van der Waals surface area contributed by atoms with Gasteiger partial charge in [-0.15, -0.1) is 0 Å². The summed E-state index contributed by atoms with van der Waals surface area (Å²) in [6.45, 7) is 2.29. The van der Waals surface area contributed by atoms with E-state index in [0.29, 0.717) is 35.3 Å². The topological polar surface area (TPSA) is 110 Å². The fraction of sp³-hybridized carbons (Fsp3) is 0.304. The van der Waals surface area contributed by atoms with Gasteiger partial charge in [0.2, 0.25) is 5.91 Å². The van der Waals surface area contributed by atoms with Gasteiger partial charge in [0.1, 0.15) is 11.9 Å². The van der Waals surface area contributed by atoms with Crippen LogP contribution < -0.4 is 10.6 Å². The standard InChI is InChI=1S/C23H24ClN5O4/c1-3-18-21(33-13-26-18)14-4-9-20(25-11-14)28-22(30)19-10-17(32-2)12-29(19)23(31)27-16-7-5-15(24)6-8-16/h4-9,11,13,17,19H,3,10,12H2,1-2H3,(H,27,31)(H,25,28,30)/t17-,19-/m1/s1. The van der Waals surface area contributed by atoms with Crippen molar-refractivity contribution in [2.24, 2.45) is 0 Å². The van der Waals surface area contributed by atoms with E-state index in [-0.39, 0.29) is 12.0 Å². The number of nitrogens with zero attached hydrogens (tertiary/aromatic N) is 3. The van der Waals surface area contributed by atoms with Gasteiger partial charge in [0, 0.05) is 42.5 Å². The summed E-state index contributed by atoms with van der Waals surface area (Å²) >= 11 is 5.90. The van der Waals surface area contributed by atoms with Crippen molar-refractivity contribution < 1.29 is 18.7 Å². The lowest BCUT2D eigenvalue weighted by Gasteiger charge is -2.24. The highest BCUT2D eigenvalue weighted by Gasteiger charge is 2.40. The fourth-order valence-electron chi connectivity index (χ4n) is 3.74. The summed E-state index contributed by atoms with van der Waals surface area (Å²) < 4.78 is 10.9. The van der Waals surface area contributed by atoms with Gasteiger partial charge >= 0.3 is 6.03 Å². The summed E-state index contributed by atoms with van der Waals surface area (Å²) in [5.41, 5.74) is 2.19. The summed E-state index contributed by atoms with van der Waals surface area (Å²) in [6.07, 6.45) is 3.89. The number of aromatic nitrogens is 2. The van der Waals surface area contributed by atoms with E-state index in [1.54, 1.807) is 49.7 Å². The molecule has 3 aromatic rings. The number of oxazole rings is 1. The molecule has 1 aliphatic heterocycles. The van der Waals surface area contributed by atoms with Crippen LogP contribution in [-0.2, 0) is 16.0 Å². The second-order valence-corrected chi connectivity index (χ2v) is 8.04. The van der Waals surface area contributed by atoms with Crippen molar-refractivity contribution in [1.29, 1.82) is 0 Å². The minimum Gasteiger partial charge on any atom is -0.443 e. The number of aryl methyl sites for hydroxylation is 1. The van der Waals surface area contributed by atoms with Crippen LogP contribution in [0.15, 0.2) is 53.4 Å². The molecule has 172 valence electrons. The van der Waals surface area contributed by atoms with Crippen LogP contribution in [0.3, 0.4) is 0 Å². The predicted molar refractivity (Wildman–Crippen MR) is 124 cm³/mol. The Kier molecular flexibility index (Phi) is 6.90. The number of carbonyl (C=O) groups is 2. The van der Waals surface area contributed by atoms with Crippen molar-refractivity contribution in [1.82, 2.24) is 14.9 Å². The van der Waals surface area contributed by atoms with Crippen molar-refractivity contribution in [3.05, 3.63) is 59.7 Å². The van der Waals surface area contributed by atoms with E-state index < -0.39 is 12.1 Å². The number of amides is 3. The van der Waals surface area contributed by atoms with Crippen LogP contribution in [0.25, 0.3) is 11.3 Å². The second-order valence-electron chi connectivity index (χ2n) is 7.60. The maximum atomic E-state index is 13.0. The van der Waals surface area contributed by atoms with Gasteiger partial charge in [-0.25, -0.2) is 14.8 Å². The lowest BCUT2D eigenvalue weighted by atomic mass is 10.1. The highest BCUT2D eigenvalue weighted by atomic mass is 35.5. The number of hydrogen-bond acceptors (Lipinski definition) is 6. The summed E-state index contributed by atoms with van der Waals surface area (Å²) in [7, 11) is 1.56. The van der Waals surface area contributed by atoms with E-state index in [1.165, 1.54) is 11.3 Å². The summed E-state index contributed by atoms with van der Waals surface area (Å²) in [6, 6.07) is 9.16. The summed E-state index contributed by atoms with van der Waals surface area (Å²) in [5.74, 6) is 0.696. The molecule has 2 aromatic heterocycles. The molecule has 0 spiro atoms. The molecule has 3 heterocycles. The number of rotatable bonds is 6. The zero-order valence-corrected chi connectivity index (χ0v) is 19.0. The second kappa shape index (κ2) is 10.0. The van der Waals surface area contributed by atoms with Crippen molar-refractivity contribution in [3.63, 3.8) is 0 Å². The lowest BCUT2D eigenvalue weighted by Crippen LogP contribution is -2.45. The number of carbonyl (C=O) groups excluding carboxylic acids is 2. The van der Waals surface area contributed by atoms with Crippen molar-refractivity contribution in [2.45, 2.75) is 31.9 Å². The van der Waals surface area contributed by atoms with Gasteiger partial charge in [-0.05, 0) is 42.8 Å². The Balaban J connectivity index is 1.45. The molecule has 4 rings (SSSR count). The van der Waals surface area contributed by atoms with Crippen LogP contribution in [0.2, 0.25) is 5.02 Å². The average Bonchev–Trinajstić information content (AvgIpc) is 3.48. The largest absolute Gasteiger partial charge is 0.443 e. The summed E-state index contributed by atoms with van der Waals surface area (Å²) in [4.78, 5) is 35.9. The Labute approximate surface area is 196 Å². The molecule has 1 aromatic carbocycles. The minimum absolute atomic E-state index is 0.244. The third-order valence-corrected chi connectivity index (χ3v) is 5.76. The first-order chi connectivity index (χ1) is 16.0. The van der Waals surface area contributed by atoms with E-state index in [0.717, 1.165) is 17.7 Å². The molecule has 2 atom stereocenters. The average molecular weight is 470 g/mol. The third kappa shape index (κ3) is 5.15. The minimum atomic E-state index is -0.704. The normalized spacial score (nSPS) is 17.7. The molecule has 10 heteroatoms. The number of methoxy groups -OCH3 is 1. The van der Waals surface area contributed by atoms with Gasteiger partial charge in [0.25, 0.3) is 0 Å². The van der Waals surface area contributed by atoms with Gasteiger partial charge in [0.15, 0.2) is 12.2 Å². The Morgan fingerprint density at radius 2 is 1.97 bits per heavy atom. The number of pyridine rings is 1. The van der Waals surface area contributed by atoms with Gasteiger partial charge in [-0.1, -0.05) is 18.5 Å². The molecule has 1 aliphatic rings. The number of anilines is 2. The molecule has 0 radical (unpaired) electrons. The molecule has 3 amide bonds. The molecule has 0 unspecified atom stereocenters. The monoisotopic (exact) mass is 469 g/mol. The molecule has 0 bridgehead atoms. The number of ether oxygens (including phenoxy) is 1. The van der Waals surface area contributed by atoms with Crippen molar-refractivity contribution in [3.8, 4) is 11.3 Å². The first kappa shape index (κ1) is 22.8. The molecule has 0 aliphatic carbocycles. The SMILES string of the molecule is CCc1ncoc1-c1ccc(NC(=O)[C@H]2C[C@@H](OC)CN2C(=O)Nc2ccc(Cl)cc2)nc1. The molecule has 1 fully saturated rings.